The highest BCUT2D eigenvalue weighted by Gasteiger charge is 2.24. The summed E-state index contributed by atoms with van der Waals surface area (Å²) in [7, 11) is 1.97. The van der Waals surface area contributed by atoms with Crippen LogP contribution in [0.4, 0.5) is 0 Å². The number of likely N-dealkylation sites (tertiary alicyclic amines) is 1. The van der Waals surface area contributed by atoms with Crippen molar-refractivity contribution in [2.24, 2.45) is 13.0 Å². The summed E-state index contributed by atoms with van der Waals surface area (Å²) < 4.78 is 1.97. The molecular formula is C16H21N5O. The normalized spacial score (nSPS) is 16.0. The van der Waals surface area contributed by atoms with E-state index in [1.807, 2.05) is 34.7 Å². The number of hydrogen-bond acceptors (Lipinski definition) is 4. The van der Waals surface area contributed by atoms with Crippen molar-refractivity contribution < 1.29 is 4.79 Å². The number of aromatic nitrogens is 4. The summed E-state index contributed by atoms with van der Waals surface area (Å²) in [6.45, 7) is 1.66. The molecule has 0 unspecified atom stereocenters. The van der Waals surface area contributed by atoms with Crippen molar-refractivity contribution in [3.8, 4) is 0 Å². The SMILES string of the molecule is Cn1cnnc1CC1CCN(C(=O)Cc2ccccn2)CC1. The van der Waals surface area contributed by atoms with E-state index in [0.29, 0.717) is 12.3 Å². The minimum Gasteiger partial charge on any atom is -0.342 e. The Balaban J connectivity index is 1.49. The predicted molar refractivity (Wildman–Crippen MR) is 82.0 cm³/mol. The highest BCUT2D eigenvalue weighted by Crippen LogP contribution is 2.21. The first-order valence-electron chi connectivity index (χ1n) is 7.73. The first kappa shape index (κ1) is 14.7. The number of carbonyl (C=O) groups excluding carboxylic acids is 1. The molecule has 0 saturated carbocycles. The van der Waals surface area contributed by atoms with Crippen molar-refractivity contribution in [3.05, 3.63) is 42.2 Å². The van der Waals surface area contributed by atoms with Crippen LogP contribution in [0.25, 0.3) is 0 Å². The second-order valence-corrected chi connectivity index (χ2v) is 5.88. The number of carbonyl (C=O) groups is 1. The van der Waals surface area contributed by atoms with E-state index < -0.39 is 0 Å². The maximum atomic E-state index is 12.3. The van der Waals surface area contributed by atoms with Gasteiger partial charge in [0.25, 0.3) is 0 Å². The lowest BCUT2D eigenvalue weighted by atomic mass is 9.93. The highest BCUT2D eigenvalue weighted by molar-refractivity contribution is 5.78. The van der Waals surface area contributed by atoms with Gasteiger partial charge in [-0.3, -0.25) is 9.78 Å². The average Bonchev–Trinajstić information content (AvgIpc) is 2.94. The monoisotopic (exact) mass is 299 g/mol. The Labute approximate surface area is 130 Å². The molecular weight excluding hydrogens is 278 g/mol. The van der Waals surface area contributed by atoms with Gasteiger partial charge in [0.2, 0.25) is 5.91 Å². The summed E-state index contributed by atoms with van der Waals surface area (Å²) >= 11 is 0. The lowest BCUT2D eigenvalue weighted by Gasteiger charge is -2.31. The van der Waals surface area contributed by atoms with Crippen molar-refractivity contribution in [1.82, 2.24) is 24.6 Å². The van der Waals surface area contributed by atoms with Crippen LogP contribution in [0, 0.1) is 5.92 Å². The van der Waals surface area contributed by atoms with Crippen molar-refractivity contribution >= 4 is 5.91 Å². The quantitative estimate of drug-likeness (QED) is 0.852. The molecule has 1 amide bonds. The van der Waals surface area contributed by atoms with E-state index in [4.69, 9.17) is 0 Å². The maximum Gasteiger partial charge on any atom is 0.228 e. The zero-order valence-electron chi connectivity index (χ0n) is 12.9. The van der Waals surface area contributed by atoms with Crippen LogP contribution in [0.3, 0.4) is 0 Å². The van der Waals surface area contributed by atoms with Crippen molar-refractivity contribution in [3.63, 3.8) is 0 Å². The Morgan fingerprint density at radius 3 is 2.77 bits per heavy atom. The van der Waals surface area contributed by atoms with E-state index in [1.165, 1.54) is 0 Å². The number of amides is 1. The van der Waals surface area contributed by atoms with Gasteiger partial charge in [0, 0.05) is 38.4 Å². The summed E-state index contributed by atoms with van der Waals surface area (Å²) in [6.07, 6.45) is 6.87. The van der Waals surface area contributed by atoms with E-state index in [-0.39, 0.29) is 5.91 Å². The molecule has 0 bridgehead atoms. The van der Waals surface area contributed by atoms with Gasteiger partial charge in [-0.1, -0.05) is 6.07 Å². The molecule has 0 radical (unpaired) electrons. The first-order valence-corrected chi connectivity index (χ1v) is 7.73. The van der Waals surface area contributed by atoms with Crippen LogP contribution in [-0.4, -0.2) is 43.6 Å². The number of pyridine rings is 1. The maximum absolute atomic E-state index is 12.3. The van der Waals surface area contributed by atoms with Gasteiger partial charge < -0.3 is 9.47 Å². The molecule has 0 aliphatic carbocycles. The molecule has 0 N–H and O–H groups in total. The van der Waals surface area contributed by atoms with Crippen LogP contribution < -0.4 is 0 Å². The standard InChI is InChI=1S/C16H21N5O/c1-20-12-18-19-15(20)10-13-5-8-21(9-6-13)16(22)11-14-4-2-3-7-17-14/h2-4,7,12-13H,5-6,8-11H2,1H3. The third-order valence-corrected chi connectivity index (χ3v) is 4.30. The van der Waals surface area contributed by atoms with Crippen molar-refractivity contribution in [1.29, 1.82) is 0 Å². The molecule has 0 spiro atoms. The fourth-order valence-corrected chi connectivity index (χ4v) is 2.91. The summed E-state index contributed by atoms with van der Waals surface area (Å²) in [4.78, 5) is 18.5. The first-order chi connectivity index (χ1) is 10.7. The lowest BCUT2D eigenvalue weighted by Crippen LogP contribution is -2.40. The van der Waals surface area contributed by atoms with Crippen LogP contribution in [0.1, 0.15) is 24.4 Å². The van der Waals surface area contributed by atoms with Crippen LogP contribution in [0.5, 0.6) is 0 Å². The number of rotatable bonds is 4. The van der Waals surface area contributed by atoms with Crippen LogP contribution >= 0.6 is 0 Å². The predicted octanol–water partition coefficient (Wildman–Crippen LogP) is 1.23. The summed E-state index contributed by atoms with van der Waals surface area (Å²) in [5.74, 6) is 1.79. The molecule has 1 aliphatic heterocycles. The Morgan fingerprint density at radius 1 is 1.32 bits per heavy atom. The fourth-order valence-electron chi connectivity index (χ4n) is 2.91. The summed E-state index contributed by atoms with van der Waals surface area (Å²) in [5, 5.41) is 8.06. The smallest absolute Gasteiger partial charge is 0.228 e. The van der Waals surface area contributed by atoms with Gasteiger partial charge in [0.1, 0.15) is 12.2 Å². The molecule has 0 aromatic carbocycles. The van der Waals surface area contributed by atoms with Gasteiger partial charge in [-0.2, -0.15) is 0 Å². The zero-order chi connectivity index (χ0) is 15.4. The van der Waals surface area contributed by atoms with E-state index in [1.54, 1.807) is 12.5 Å². The van der Waals surface area contributed by atoms with Gasteiger partial charge in [-0.25, -0.2) is 0 Å². The molecule has 1 fully saturated rings. The topological polar surface area (TPSA) is 63.9 Å². The highest BCUT2D eigenvalue weighted by atomic mass is 16.2. The van der Waals surface area contributed by atoms with E-state index in [0.717, 1.165) is 43.9 Å². The van der Waals surface area contributed by atoms with Crippen LogP contribution in [0.15, 0.2) is 30.7 Å². The molecule has 1 saturated heterocycles. The Hall–Kier alpha value is -2.24. The molecule has 2 aromatic rings. The van der Waals surface area contributed by atoms with Crippen LogP contribution in [-0.2, 0) is 24.7 Å². The Morgan fingerprint density at radius 2 is 2.14 bits per heavy atom. The summed E-state index contributed by atoms with van der Waals surface area (Å²) in [6, 6.07) is 5.69. The summed E-state index contributed by atoms with van der Waals surface area (Å²) in [5.41, 5.74) is 0.841. The van der Waals surface area contributed by atoms with Gasteiger partial charge in [0.05, 0.1) is 6.42 Å². The third kappa shape index (κ3) is 3.50. The molecule has 6 nitrogen and oxygen atoms in total. The molecule has 22 heavy (non-hydrogen) atoms. The molecule has 1 aliphatic rings. The van der Waals surface area contributed by atoms with Gasteiger partial charge in [0.15, 0.2) is 0 Å². The molecule has 3 heterocycles. The molecule has 0 atom stereocenters. The molecule has 2 aromatic heterocycles. The average molecular weight is 299 g/mol. The van der Waals surface area contributed by atoms with E-state index in [9.17, 15) is 4.79 Å². The van der Waals surface area contributed by atoms with Crippen molar-refractivity contribution in [2.75, 3.05) is 13.1 Å². The molecule has 3 rings (SSSR count). The minimum atomic E-state index is 0.177. The fraction of sp³-hybridized carbons (Fsp3) is 0.500. The Bertz CT molecular complexity index is 616. The third-order valence-electron chi connectivity index (χ3n) is 4.30. The van der Waals surface area contributed by atoms with E-state index in [2.05, 4.69) is 15.2 Å². The van der Waals surface area contributed by atoms with Crippen LogP contribution in [0.2, 0.25) is 0 Å². The second-order valence-electron chi connectivity index (χ2n) is 5.88. The van der Waals surface area contributed by atoms with Crippen molar-refractivity contribution in [2.45, 2.75) is 25.7 Å². The second kappa shape index (κ2) is 6.68. The molecule has 6 heteroatoms. The Kier molecular flexibility index (Phi) is 4.46. The zero-order valence-corrected chi connectivity index (χ0v) is 12.9. The number of nitrogens with zero attached hydrogens (tertiary/aromatic N) is 5. The van der Waals surface area contributed by atoms with Gasteiger partial charge >= 0.3 is 0 Å². The minimum absolute atomic E-state index is 0.177. The van der Waals surface area contributed by atoms with Gasteiger partial charge in [-0.15, -0.1) is 10.2 Å². The van der Waals surface area contributed by atoms with Gasteiger partial charge in [-0.05, 0) is 30.9 Å². The number of aryl methyl sites for hydroxylation is 1. The number of piperidine rings is 1. The lowest BCUT2D eigenvalue weighted by molar-refractivity contribution is -0.131. The molecule has 116 valence electrons. The largest absolute Gasteiger partial charge is 0.342 e. The van der Waals surface area contributed by atoms with E-state index >= 15 is 0 Å². The number of hydrogen-bond donors (Lipinski definition) is 0.